The average Bonchev–Trinajstić information content (AvgIpc) is 2.41. The Bertz CT molecular complexity index is 528. The van der Waals surface area contributed by atoms with Gasteiger partial charge in [0.2, 0.25) is 0 Å². The molecule has 2 amide bonds. The molecule has 1 heterocycles. The van der Waals surface area contributed by atoms with Gasteiger partial charge >= 0.3 is 12.0 Å². The minimum Gasteiger partial charge on any atom is -0.480 e. The van der Waals surface area contributed by atoms with Crippen LogP contribution in [0.3, 0.4) is 0 Å². The van der Waals surface area contributed by atoms with Crippen molar-refractivity contribution in [3.8, 4) is 0 Å². The molecule has 1 aromatic carbocycles. The molecule has 20 heavy (non-hydrogen) atoms. The summed E-state index contributed by atoms with van der Waals surface area (Å²) in [6.45, 7) is 4.41. The molecule has 0 aliphatic carbocycles. The number of amides is 2. The molecule has 1 aliphatic heterocycles. The number of piperidine rings is 1. The number of carbonyl (C=O) groups excluding carboxylic acids is 1. The Morgan fingerprint density at radius 2 is 2.05 bits per heavy atom. The van der Waals surface area contributed by atoms with Gasteiger partial charge in [0.1, 0.15) is 6.04 Å². The average molecular weight is 276 g/mol. The second-order valence-electron chi connectivity index (χ2n) is 5.29. The lowest BCUT2D eigenvalue weighted by Crippen LogP contribution is -2.49. The highest BCUT2D eigenvalue weighted by atomic mass is 16.4. The van der Waals surface area contributed by atoms with E-state index in [1.165, 1.54) is 4.90 Å². The maximum Gasteiger partial charge on any atom is 0.326 e. The van der Waals surface area contributed by atoms with Gasteiger partial charge in [0.15, 0.2) is 0 Å². The topological polar surface area (TPSA) is 69.6 Å². The van der Waals surface area contributed by atoms with Crippen molar-refractivity contribution in [2.75, 3.05) is 11.9 Å². The zero-order valence-electron chi connectivity index (χ0n) is 11.8. The van der Waals surface area contributed by atoms with Gasteiger partial charge in [-0.1, -0.05) is 17.7 Å². The SMILES string of the molecule is Cc1ccc(NC(=O)N2CCCCC2C(=O)O)c(C)c1. The number of rotatable bonds is 2. The Balaban J connectivity index is 2.12. The minimum absolute atomic E-state index is 0.330. The van der Waals surface area contributed by atoms with E-state index in [1.54, 1.807) is 0 Å². The largest absolute Gasteiger partial charge is 0.480 e. The van der Waals surface area contributed by atoms with Crippen molar-refractivity contribution >= 4 is 17.7 Å². The number of nitrogens with one attached hydrogen (secondary N) is 1. The van der Waals surface area contributed by atoms with E-state index in [4.69, 9.17) is 0 Å². The van der Waals surface area contributed by atoms with Gasteiger partial charge in [0.05, 0.1) is 0 Å². The number of anilines is 1. The maximum absolute atomic E-state index is 12.3. The number of aliphatic carboxylic acids is 1. The van der Waals surface area contributed by atoms with Gasteiger partial charge in [0, 0.05) is 12.2 Å². The molecular weight excluding hydrogens is 256 g/mol. The van der Waals surface area contributed by atoms with E-state index in [9.17, 15) is 14.7 Å². The van der Waals surface area contributed by atoms with Crippen LogP contribution in [0.15, 0.2) is 18.2 Å². The third kappa shape index (κ3) is 3.10. The summed E-state index contributed by atoms with van der Waals surface area (Å²) in [5.74, 6) is -0.930. The van der Waals surface area contributed by atoms with Crippen LogP contribution in [0.2, 0.25) is 0 Å². The molecule has 1 saturated heterocycles. The molecule has 108 valence electrons. The molecule has 0 aromatic heterocycles. The first kappa shape index (κ1) is 14.4. The van der Waals surface area contributed by atoms with E-state index in [-0.39, 0.29) is 6.03 Å². The van der Waals surface area contributed by atoms with Crippen LogP contribution in [0.25, 0.3) is 0 Å². The monoisotopic (exact) mass is 276 g/mol. The molecular formula is C15H20N2O3. The number of carbonyl (C=O) groups is 2. The summed E-state index contributed by atoms with van der Waals surface area (Å²) in [7, 11) is 0. The van der Waals surface area contributed by atoms with Crippen molar-refractivity contribution in [3.05, 3.63) is 29.3 Å². The van der Waals surface area contributed by atoms with Gasteiger partial charge in [-0.05, 0) is 44.7 Å². The van der Waals surface area contributed by atoms with Gasteiger partial charge in [-0.25, -0.2) is 9.59 Å². The van der Waals surface area contributed by atoms with E-state index in [0.717, 1.165) is 29.7 Å². The molecule has 1 aliphatic rings. The van der Waals surface area contributed by atoms with Crippen molar-refractivity contribution in [1.29, 1.82) is 0 Å². The lowest BCUT2D eigenvalue weighted by Gasteiger charge is -2.33. The van der Waals surface area contributed by atoms with Crippen molar-refractivity contribution in [2.45, 2.75) is 39.2 Å². The summed E-state index contributed by atoms with van der Waals surface area (Å²) < 4.78 is 0. The van der Waals surface area contributed by atoms with Crippen molar-refractivity contribution in [1.82, 2.24) is 4.90 Å². The van der Waals surface area contributed by atoms with Crippen LogP contribution in [0.4, 0.5) is 10.5 Å². The highest BCUT2D eigenvalue weighted by Crippen LogP contribution is 2.21. The molecule has 0 spiro atoms. The summed E-state index contributed by atoms with van der Waals surface area (Å²) in [5, 5.41) is 12.0. The Kier molecular flexibility index (Phi) is 4.27. The van der Waals surface area contributed by atoms with E-state index in [0.29, 0.717) is 13.0 Å². The minimum atomic E-state index is -0.930. The molecule has 0 saturated carbocycles. The van der Waals surface area contributed by atoms with Crippen molar-refractivity contribution < 1.29 is 14.7 Å². The van der Waals surface area contributed by atoms with Gasteiger partial charge in [0.25, 0.3) is 0 Å². The Morgan fingerprint density at radius 1 is 1.30 bits per heavy atom. The van der Waals surface area contributed by atoms with Crippen LogP contribution in [0, 0.1) is 13.8 Å². The number of hydrogen-bond donors (Lipinski definition) is 2. The molecule has 1 fully saturated rings. The first-order chi connectivity index (χ1) is 9.49. The second kappa shape index (κ2) is 5.94. The fourth-order valence-corrected chi connectivity index (χ4v) is 2.57. The predicted molar refractivity (Wildman–Crippen MR) is 76.9 cm³/mol. The molecule has 0 radical (unpaired) electrons. The van der Waals surface area contributed by atoms with E-state index in [2.05, 4.69) is 5.32 Å². The van der Waals surface area contributed by atoms with Crippen molar-refractivity contribution in [2.24, 2.45) is 0 Å². The van der Waals surface area contributed by atoms with E-state index in [1.807, 2.05) is 32.0 Å². The quantitative estimate of drug-likeness (QED) is 0.872. The Labute approximate surface area is 118 Å². The number of urea groups is 1. The Hall–Kier alpha value is -2.04. The van der Waals surface area contributed by atoms with E-state index >= 15 is 0 Å². The lowest BCUT2D eigenvalue weighted by atomic mass is 10.0. The number of hydrogen-bond acceptors (Lipinski definition) is 2. The van der Waals surface area contributed by atoms with Crippen LogP contribution < -0.4 is 5.32 Å². The summed E-state index contributed by atoms with van der Waals surface area (Å²) in [4.78, 5) is 24.9. The van der Waals surface area contributed by atoms with Crippen LogP contribution in [-0.4, -0.2) is 34.6 Å². The molecule has 5 nitrogen and oxygen atoms in total. The molecule has 1 aromatic rings. The van der Waals surface area contributed by atoms with E-state index < -0.39 is 12.0 Å². The zero-order valence-corrected chi connectivity index (χ0v) is 11.8. The maximum atomic E-state index is 12.3. The molecule has 1 unspecified atom stereocenters. The molecule has 0 bridgehead atoms. The smallest absolute Gasteiger partial charge is 0.326 e. The van der Waals surface area contributed by atoms with Crippen LogP contribution in [0.1, 0.15) is 30.4 Å². The summed E-state index contributed by atoms with van der Waals surface area (Å²) >= 11 is 0. The molecule has 1 atom stereocenters. The highest BCUT2D eigenvalue weighted by molar-refractivity contribution is 5.93. The van der Waals surface area contributed by atoms with Crippen LogP contribution in [-0.2, 0) is 4.79 Å². The molecule has 2 N–H and O–H groups in total. The number of benzene rings is 1. The zero-order chi connectivity index (χ0) is 14.7. The first-order valence-electron chi connectivity index (χ1n) is 6.86. The van der Waals surface area contributed by atoms with Crippen molar-refractivity contribution in [3.63, 3.8) is 0 Å². The summed E-state index contributed by atoms with van der Waals surface area (Å²) in [6, 6.07) is 4.72. The highest BCUT2D eigenvalue weighted by Gasteiger charge is 2.32. The van der Waals surface area contributed by atoms with Gasteiger partial charge in [-0.3, -0.25) is 0 Å². The predicted octanol–water partition coefficient (Wildman–Crippen LogP) is 2.77. The number of likely N-dealkylation sites (tertiary alicyclic amines) is 1. The van der Waals surface area contributed by atoms with Gasteiger partial charge in [-0.2, -0.15) is 0 Å². The fourth-order valence-electron chi connectivity index (χ4n) is 2.57. The van der Waals surface area contributed by atoms with Crippen LogP contribution >= 0.6 is 0 Å². The first-order valence-corrected chi connectivity index (χ1v) is 6.86. The third-order valence-electron chi connectivity index (χ3n) is 3.67. The standard InChI is InChI=1S/C15H20N2O3/c1-10-6-7-12(11(2)9-10)16-15(20)17-8-4-3-5-13(17)14(18)19/h6-7,9,13H,3-5,8H2,1-2H3,(H,16,20)(H,18,19). The van der Waals surface area contributed by atoms with Gasteiger partial charge < -0.3 is 15.3 Å². The number of carboxylic acids is 1. The second-order valence-corrected chi connectivity index (χ2v) is 5.29. The lowest BCUT2D eigenvalue weighted by molar-refractivity contribution is -0.143. The number of nitrogens with zero attached hydrogens (tertiary/aromatic N) is 1. The Morgan fingerprint density at radius 3 is 2.70 bits per heavy atom. The molecule has 2 rings (SSSR count). The summed E-state index contributed by atoms with van der Waals surface area (Å²) in [6.07, 6.45) is 2.23. The van der Waals surface area contributed by atoms with Gasteiger partial charge in [-0.15, -0.1) is 0 Å². The number of aryl methyl sites for hydroxylation is 2. The normalized spacial score (nSPS) is 18.7. The fraction of sp³-hybridized carbons (Fsp3) is 0.467. The third-order valence-corrected chi connectivity index (χ3v) is 3.67. The summed E-state index contributed by atoms with van der Waals surface area (Å²) in [5.41, 5.74) is 2.83. The molecule has 5 heteroatoms. The van der Waals surface area contributed by atoms with Crippen LogP contribution in [0.5, 0.6) is 0 Å². The number of carboxylic acid groups (broad SMARTS) is 1.